The molecule has 152 valence electrons. The molecule has 0 saturated carbocycles. The van der Waals surface area contributed by atoms with Gasteiger partial charge in [0.2, 0.25) is 0 Å². The van der Waals surface area contributed by atoms with Gasteiger partial charge in [-0.2, -0.15) is 0 Å². The lowest BCUT2D eigenvalue weighted by atomic mass is 10.1. The molecule has 0 aliphatic carbocycles. The van der Waals surface area contributed by atoms with Crippen LogP contribution in [0.4, 0.5) is 0 Å². The molecule has 0 fully saturated rings. The normalized spacial score (nSPS) is 10.8. The Labute approximate surface area is 181 Å². The summed E-state index contributed by atoms with van der Waals surface area (Å²) in [5, 5.41) is 9.96. The van der Waals surface area contributed by atoms with Gasteiger partial charge in [0.05, 0.1) is 12.7 Å². The van der Waals surface area contributed by atoms with Crippen LogP contribution in [0.5, 0.6) is 5.75 Å². The molecule has 0 saturated heterocycles. The van der Waals surface area contributed by atoms with E-state index in [4.69, 9.17) is 4.74 Å². The van der Waals surface area contributed by atoms with Crippen LogP contribution in [0.2, 0.25) is 0 Å². The molecule has 4 aromatic rings. The number of aryl methyl sites for hydroxylation is 2. The fourth-order valence-corrected chi connectivity index (χ4v) is 4.23. The second-order valence-corrected chi connectivity index (χ2v) is 7.88. The van der Waals surface area contributed by atoms with Gasteiger partial charge in [-0.05, 0) is 42.7 Å². The van der Waals surface area contributed by atoms with Crippen LogP contribution in [0.25, 0.3) is 11.4 Å². The SMILES string of the molecule is COc1ccccc1-c1nnc(SCCc2ccccn2)n1CCc1ccccc1. The molecule has 6 heteroatoms. The minimum absolute atomic E-state index is 0.802. The van der Waals surface area contributed by atoms with E-state index in [1.165, 1.54) is 5.56 Å². The van der Waals surface area contributed by atoms with Crippen LogP contribution in [0.3, 0.4) is 0 Å². The summed E-state index contributed by atoms with van der Waals surface area (Å²) in [6, 6.07) is 24.5. The second kappa shape index (κ2) is 10.1. The molecule has 5 nitrogen and oxygen atoms in total. The van der Waals surface area contributed by atoms with Crippen molar-refractivity contribution in [2.24, 2.45) is 0 Å². The van der Waals surface area contributed by atoms with Crippen molar-refractivity contribution in [1.29, 1.82) is 0 Å². The van der Waals surface area contributed by atoms with E-state index >= 15 is 0 Å². The monoisotopic (exact) mass is 416 g/mol. The van der Waals surface area contributed by atoms with E-state index in [1.807, 2.05) is 48.7 Å². The Kier molecular flexibility index (Phi) is 6.77. The Morgan fingerprint density at radius 1 is 0.867 bits per heavy atom. The maximum atomic E-state index is 5.57. The number of methoxy groups -OCH3 is 1. The molecular formula is C24H24N4OS. The van der Waals surface area contributed by atoms with Crippen molar-refractivity contribution in [1.82, 2.24) is 19.7 Å². The third-order valence-electron chi connectivity index (χ3n) is 4.85. The smallest absolute Gasteiger partial charge is 0.191 e. The zero-order valence-electron chi connectivity index (χ0n) is 16.9. The maximum Gasteiger partial charge on any atom is 0.191 e. The van der Waals surface area contributed by atoms with Gasteiger partial charge < -0.3 is 9.30 Å². The van der Waals surface area contributed by atoms with Gasteiger partial charge in [-0.25, -0.2) is 0 Å². The molecule has 0 bridgehead atoms. The molecular weight excluding hydrogens is 392 g/mol. The van der Waals surface area contributed by atoms with Gasteiger partial charge in [-0.1, -0.05) is 60.3 Å². The summed E-state index contributed by atoms with van der Waals surface area (Å²) in [4.78, 5) is 4.41. The van der Waals surface area contributed by atoms with E-state index in [0.29, 0.717) is 0 Å². The highest BCUT2D eigenvalue weighted by Gasteiger charge is 2.17. The van der Waals surface area contributed by atoms with E-state index in [2.05, 4.69) is 50.1 Å². The van der Waals surface area contributed by atoms with Crippen LogP contribution in [-0.2, 0) is 19.4 Å². The third kappa shape index (κ3) is 4.89. The number of benzene rings is 2. The number of para-hydroxylation sites is 1. The first-order valence-electron chi connectivity index (χ1n) is 9.98. The summed E-state index contributed by atoms with van der Waals surface area (Å²) in [5.74, 6) is 2.53. The van der Waals surface area contributed by atoms with E-state index in [1.54, 1.807) is 18.9 Å². The molecule has 0 unspecified atom stereocenters. The van der Waals surface area contributed by atoms with E-state index in [9.17, 15) is 0 Å². The molecule has 0 radical (unpaired) electrons. The number of rotatable bonds is 9. The Hall–Kier alpha value is -3.12. The molecule has 4 rings (SSSR count). The van der Waals surface area contributed by atoms with Crippen molar-refractivity contribution in [2.45, 2.75) is 24.5 Å². The lowest BCUT2D eigenvalue weighted by molar-refractivity contribution is 0.415. The van der Waals surface area contributed by atoms with Gasteiger partial charge in [0.15, 0.2) is 11.0 Å². The van der Waals surface area contributed by atoms with Crippen LogP contribution in [0, 0.1) is 0 Å². The van der Waals surface area contributed by atoms with E-state index < -0.39 is 0 Å². The van der Waals surface area contributed by atoms with Crippen LogP contribution in [-0.4, -0.2) is 32.6 Å². The van der Waals surface area contributed by atoms with E-state index in [0.717, 1.165) is 53.1 Å². The highest BCUT2D eigenvalue weighted by atomic mass is 32.2. The van der Waals surface area contributed by atoms with Crippen molar-refractivity contribution in [3.8, 4) is 17.1 Å². The van der Waals surface area contributed by atoms with Crippen molar-refractivity contribution in [3.05, 3.63) is 90.3 Å². The summed E-state index contributed by atoms with van der Waals surface area (Å²) in [5.41, 5.74) is 3.34. The van der Waals surface area contributed by atoms with Crippen LogP contribution in [0.15, 0.2) is 84.1 Å². The highest BCUT2D eigenvalue weighted by molar-refractivity contribution is 7.99. The molecule has 0 aliphatic heterocycles. The molecule has 30 heavy (non-hydrogen) atoms. The van der Waals surface area contributed by atoms with Gasteiger partial charge >= 0.3 is 0 Å². The summed E-state index contributed by atoms with van der Waals surface area (Å²) in [7, 11) is 1.69. The molecule has 2 heterocycles. The van der Waals surface area contributed by atoms with Gasteiger partial charge in [0, 0.05) is 24.2 Å². The predicted octanol–water partition coefficient (Wildman–Crippen LogP) is 4.93. The summed E-state index contributed by atoms with van der Waals surface area (Å²) in [6.07, 6.45) is 3.64. The molecule has 0 aliphatic rings. The predicted molar refractivity (Wildman–Crippen MR) is 121 cm³/mol. The molecule has 0 atom stereocenters. The standard InChI is InChI=1S/C24H24N4OS/c1-29-22-13-6-5-12-21(22)23-26-27-24(30-18-15-20-11-7-8-16-25-20)28(23)17-14-19-9-3-2-4-10-19/h2-13,16H,14-15,17-18H2,1H3. The number of aromatic nitrogens is 4. The largest absolute Gasteiger partial charge is 0.496 e. The van der Waals surface area contributed by atoms with Gasteiger partial charge in [0.1, 0.15) is 5.75 Å². The maximum absolute atomic E-state index is 5.57. The topological polar surface area (TPSA) is 52.8 Å². The fourth-order valence-electron chi connectivity index (χ4n) is 3.30. The highest BCUT2D eigenvalue weighted by Crippen LogP contribution is 2.31. The number of pyridine rings is 1. The third-order valence-corrected chi connectivity index (χ3v) is 5.82. The second-order valence-electron chi connectivity index (χ2n) is 6.81. The molecule has 0 spiro atoms. The Bertz CT molecular complexity index is 1070. The number of hydrogen-bond donors (Lipinski definition) is 0. The van der Waals surface area contributed by atoms with Crippen LogP contribution < -0.4 is 4.74 Å². The van der Waals surface area contributed by atoms with E-state index in [-0.39, 0.29) is 0 Å². The average molecular weight is 417 g/mol. The number of hydrogen-bond acceptors (Lipinski definition) is 5. The molecule has 2 aromatic carbocycles. The zero-order chi connectivity index (χ0) is 20.6. The Morgan fingerprint density at radius 2 is 1.67 bits per heavy atom. The van der Waals surface area contributed by atoms with Crippen molar-refractivity contribution in [3.63, 3.8) is 0 Å². The zero-order valence-corrected chi connectivity index (χ0v) is 17.8. The first-order valence-corrected chi connectivity index (χ1v) is 11.0. The number of thioether (sulfide) groups is 1. The van der Waals surface area contributed by atoms with Crippen LogP contribution in [0.1, 0.15) is 11.3 Å². The van der Waals surface area contributed by atoms with Crippen LogP contribution >= 0.6 is 11.8 Å². The molecule has 0 N–H and O–H groups in total. The van der Waals surface area contributed by atoms with Crippen molar-refractivity contribution in [2.75, 3.05) is 12.9 Å². The molecule has 0 amide bonds. The lowest BCUT2D eigenvalue weighted by Crippen LogP contribution is -2.06. The van der Waals surface area contributed by atoms with Gasteiger partial charge in [-0.15, -0.1) is 10.2 Å². The summed E-state index contributed by atoms with van der Waals surface area (Å²) < 4.78 is 7.77. The Balaban J connectivity index is 1.58. The average Bonchev–Trinajstić information content (AvgIpc) is 3.21. The lowest BCUT2D eigenvalue weighted by Gasteiger charge is -2.12. The Morgan fingerprint density at radius 3 is 2.47 bits per heavy atom. The van der Waals surface area contributed by atoms with Gasteiger partial charge in [0.25, 0.3) is 0 Å². The first-order chi connectivity index (χ1) is 14.8. The fraction of sp³-hybridized carbons (Fsp3) is 0.208. The minimum atomic E-state index is 0.802. The number of nitrogens with zero attached hydrogens (tertiary/aromatic N) is 4. The molecule has 2 aromatic heterocycles. The summed E-state index contributed by atoms with van der Waals surface area (Å²) >= 11 is 1.71. The minimum Gasteiger partial charge on any atom is -0.496 e. The number of ether oxygens (including phenoxy) is 1. The summed E-state index contributed by atoms with van der Waals surface area (Å²) in [6.45, 7) is 0.802. The van der Waals surface area contributed by atoms with Gasteiger partial charge in [-0.3, -0.25) is 4.98 Å². The first kappa shape index (κ1) is 20.2. The van der Waals surface area contributed by atoms with Crippen molar-refractivity contribution < 1.29 is 4.74 Å². The van der Waals surface area contributed by atoms with Crippen molar-refractivity contribution >= 4 is 11.8 Å². The quantitative estimate of drug-likeness (QED) is 0.362.